The van der Waals surface area contributed by atoms with Gasteiger partial charge in [-0.25, -0.2) is 0 Å². The molecule has 0 spiro atoms. The van der Waals surface area contributed by atoms with Crippen LogP contribution in [0.25, 0.3) is 0 Å². The molecule has 0 aliphatic carbocycles. The Morgan fingerprint density at radius 2 is 2.08 bits per heavy atom. The maximum absolute atomic E-state index is 12.5. The van der Waals surface area contributed by atoms with Crippen LogP contribution in [-0.2, 0) is 9.59 Å². The number of hydrogen-bond acceptors (Lipinski definition) is 3. The van der Waals surface area contributed by atoms with Crippen molar-refractivity contribution in [1.29, 1.82) is 0 Å². The average Bonchev–Trinajstić information content (AvgIpc) is 2.59. The molecule has 5 nitrogen and oxygen atoms in total. The number of hydrogen-bond donors (Lipinski definition) is 1. The van der Waals surface area contributed by atoms with Gasteiger partial charge in [-0.1, -0.05) is 23.7 Å². The van der Waals surface area contributed by atoms with Gasteiger partial charge in [-0.15, -0.1) is 0 Å². The summed E-state index contributed by atoms with van der Waals surface area (Å²) in [6.07, 6.45) is 0.884. The monoisotopic (exact) mass is 358 g/mol. The highest BCUT2D eigenvalue weighted by Crippen LogP contribution is 2.29. The molecule has 1 aliphatic heterocycles. The van der Waals surface area contributed by atoms with Crippen molar-refractivity contribution in [2.45, 2.75) is 19.8 Å². The first-order chi connectivity index (χ1) is 12.0. The van der Waals surface area contributed by atoms with Gasteiger partial charge in [0.2, 0.25) is 11.8 Å². The molecule has 0 fully saturated rings. The van der Waals surface area contributed by atoms with Crippen molar-refractivity contribution in [2.24, 2.45) is 0 Å². The molecule has 0 atom stereocenters. The van der Waals surface area contributed by atoms with Crippen LogP contribution >= 0.6 is 11.6 Å². The lowest BCUT2D eigenvalue weighted by Gasteiger charge is -2.29. The number of benzene rings is 2. The van der Waals surface area contributed by atoms with Gasteiger partial charge in [-0.05, 0) is 49.2 Å². The molecule has 0 unspecified atom stereocenters. The molecule has 0 saturated heterocycles. The highest BCUT2D eigenvalue weighted by Gasteiger charge is 2.25. The molecule has 1 N–H and O–H groups in total. The van der Waals surface area contributed by atoms with Gasteiger partial charge in [-0.2, -0.15) is 0 Å². The van der Waals surface area contributed by atoms with E-state index in [2.05, 4.69) is 5.32 Å². The molecule has 2 aromatic rings. The number of rotatable bonds is 5. The molecule has 0 aromatic heterocycles. The van der Waals surface area contributed by atoms with Gasteiger partial charge >= 0.3 is 0 Å². The average molecular weight is 359 g/mol. The topological polar surface area (TPSA) is 58.6 Å². The van der Waals surface area contributed by atoms with E-state index >= 15 is 0 Å². The largest absolute Gasteiger partial charge is 0.493 e. The van der Waals surface area contributed by atoms with E-state index in [1.54, 1.807) is 12.1 Å². The van der Waals surface area contributed by atoms with Crippen LogP contribution in [-0.4, -0.2) is 25.0 Å². The fraction of sp³-hybridized carbons (Fsp3) is 0.263. The van der Waals surface area contributed by atoms with Crippen LogP contribution < -0.4 is 15.0 Å². The first-order valence-corrected chi connectivity index (χ1v) is 8.50. The quantitative estimate of drug-likeness (QED) is 0.827. The Balaban J connectivity index is 1.55. The molecule has 0 bridgehead atoms. The van der Waals surface area contributed by atoms with E-state index in [0.717, 1.165) is 17.0 Å². The van der Waals surface area contributed by atoms with Crippen molar-refractivity contribution in [2.75, 3.05) is 23.4 Å². The first kappa shape index (κ1) is 17.3. The second-order valence-electron chi connectivity index (χ2n) is 5.91. The number of para-hydroxylation sites is 2. The zero-order valence-corrected chi connectivity index (χ0v) is 14.7. The molecule has 2 amide bonds. The zero-order chi connectivity index (χ0) is 17.8. The maximum Gasteiger partial charge on any atom is 0.244 e. The Morgan fingerprint density at radius 1 is 1.28 bits per heavy atom. The number of anilines is 2. The standard InChI is InChI=1S/C19H19ClN2O3/c1-13-11-14(20)8-9-17(13)25-10-4-7-19(24)22-12-18(23)21-15-5-2-3-6-16(15)22/h2-3,5-6,8-9,11H,4,7,10,12H2,1H3,(H,21,23). The van der Waals surface area contributed by atoms with E-state index in [9.17, 15) is 9.59 Å². The highest BCUT2D eigenvalue weighted by atomic mass is 35.5. The summed E-state index contributed by atoms with van der Waals surface area (Å²) in [6.45, 7) is 2.40. The predicted molar refractivity (Wildman–Crippen MR) is 98.3 cm³/mol. The summed E-state index contributed by atoms with van der Waals surface area (Å²) in [5.41, 5.74) is 2.36. The van der Waals surface area contributed by atoms with Gasteiger partial charge in [-0.3, -0.25) is 9.59 Å². The summed E-state index contributed by atoms with van der Waals surface area (Å²) in [4.78, 5) is 25.8. The lowest BCUT2D eigenvalue weighted by Crippen LogP contribution is -2.42. The smallest absolute Gasteiger partial charge is 0.244 e. The summed E-state index contributed by atoms with van der Waals surface area (Å²) in [5, 5.41) is 3.44. The molecule has 130 valence electrons. The molecule has 25 heavy (non-hydrogen) atoms. The number of nitrogens with one attached hydrogen (secondary N) is 1. The van der Waals surface area contributed by atoms with Crippen LogP contribution in [0.4, 0.5) is 11.4 Å². The molecule has 1 aliphatic rings. The van der Waals surface area contributed by atoms with Crippen LogP contribution in [0.3, 0.4) is 0 Å². The number of amides is 2. The lowest BCUT2D eigenvalue weighted by atomic mass is 10.1. The van der Waals surface area contributed by atoms with E-state index in [-0.39, 0.29) is 18.4 Å². The molecule has 1 heterocycles. The normalized spacial score (nSPS) is 13.2. The first-order valence-electron chi connectivity index (χ1n) is 8.13. The summed E-state index contributed by atoms with van der Waals surface area (Å²) >= 11 is 5.92. The van der Waals surface area contributed by atoms with Crippen molar-refractivity contribution in [1.82, 2.24) is 0 Å². The third-order valence-electron chi connectivity index (χ3n) is 4.00. The van der Waals surface area contributed by atoms with Gasteiger partial charge in [0.25, 0.3) is 0 Å². The highest BCUT2D eigenvalue weighted by molar-refractivity contribution is 6.30. The predicted octanol–water partition coefficient (Wildman–Crippen LogP) is 3.79. The molecular weight excluding hydrogens is 340 g/mol. The van der Waals surface area contributed by atoms with E-state index in [4.69, 9.17) is 16.3 Å². The molecule has 6 heteroatoms. The fourth-order valence-corrected chi connectivity index (χ4v) is 3.00. The summed E-state index contributed by atoms with van der Waals surface area (Å²) in [5.74, 6) is 0.498. The molecule has 3 rings (SSSR count). The number of fused-ring (bicyclic) bond motifs is 1. The Bertz CT molecular complexity index is 807. The Kier molecular flexibility index (Phi) is 5.24. The van der Waals surface area contributed by atoms with Crippen molar-refractivity contribution >= 4 is 34.8 Å². The van der Waals surface area contributed by atoms with Crippen LogP contribution in [0.15, 0.2) is 42.5 Å². The SMILES string of the molecule is Cc1cc(Cl)ccc1OCCCC(=O)N1CC(=O)Nc2ccccc21. The van der Waals surface area contributed by atoms with Crippen molar-refractivity contribution in [3.8, 4) is 5.75 Å². The maximum atomic E-state index is 12.5. The number of nitrogens with zero attached hydrogens (tertiary/aromatic N) is 1. The minimum Gasteiger partial charge on any atom is -0.493 e. The third-order valence-corrected chi connectivity index (χ3v) is 4.24. The Labute approximate surface area is 151 Å². The van der Waals surface area contributed by atoms with Gasteiger partial charge in [0.05, 0.1) is 18.0 Å². The molecule has 2 aromatic carbocycles. The van der Waals surface area contributed by atoms with Gasteiger partial charge < -0.3 is 15.0 Å². The second kappa shape index (κ2) is 7.57. The minimum absolute atomic E-state index is 0.0486. The number of carbonyl (C=O) groups is 2. The van der Waals surface area contributed by atoms with Crippen LogP contribution in [0.2, 0.25) is 5.02 Å². The fourth-order valence-electron chi connectivity index (χ4n) is 2.77. The number of ether oxygens (including phenoxy) is 1. The number of carbonyl (C=O) groups excluding carboxylic acids is 2. The molecular formula is C19H19ClN2O3. The van der Waals surface area contributed by atoms with Crippen LogP contribution in [0, 0.1) is 6.92 Å². The molecule has 0 saturated carbocycles. The van der Waals surface area contributed by atoms with E-state index < -0.39 is 0 Å². The van der Waals surface area contributed by atoms with Gasteiger partial charge in [0, 0.05) is 11.4 Å². The van der Waals surface area contributed by atoms with Crippen molar-refractivity contribution in [3.05, 3.63) is 53.1 Å². The third kappa shape index (κ3) is 4.12. The summed E-state index contributed by atoms with van der Waals surface area (Å²) < 4.78 is 5.71. The van der Waals surface area contributed by atoms with Gasteiger partial charge in [0.15, 0.2) is 0 Å². The van der Waals surface area contributed by atoms with Crippen molar-refractivity contribution < 1.29 is 14.3 Å². The Hall–Kier alpha value is -2.53. The summed E-state index contributed by atoms with van der Waals surface area (Å²) in [7, 11) is 0. The van der Waals surface area contributed by atoms with Gasteiger partial charge in [0.1, 0.15) is 12.3 Å². The number of halogens is 1. The second-order valence-corrected chi connectivity index (χ2v) is 6.34. The molecule has 0 radical (unpaired) electrons. The number of aryl methyl sites for hydroxylation is 1. The van der Waals surface area contributed by atoms with E-state index in [1.165, 1.54) is 4.90 Å². The van der Waals surface area contributed by atoms with E-state index in [0.29, 0.717) is 30.2 Å². The lowest BCUT2D eigenvalue weighted by molar-refractivity contribution is -0.122. The van der Waals surface area contributed by atoms with Crippen LogP contribution in [0.5, 0.6) is 5.75 Å². The minimum atomic E-state index is -0.180. The van der Waals surface area contributed by atoms with Crippen molar-refractivity contribution in [3.63, 3.8) is 0 Å². The van der Waals surface area contributed by atoms with Crippen LogP contribution in [0.1, 0.15) is 18.4 Å². The van der Waals surface area contributed by atoms with E-state index in [1.807, 2.05) is 37.3 Å². The zero-order valence-electron chi connectivity index (χ0n) is 13.9. The Morgan fingerprint density at radius 3 is 2.88 bits per heavy atom. The summed E-state index contributed by atoms with van der Waals surface area (Å²) in [6, 6.07) is 12.7.